The third-order valence-electron chi connectivity index (χ3n) is 3.85. The molecule has 1 saturated carbocycles. The van der Waals surface area contributed by atoms with Crippen molar-refractivity contribution in [2.24, 2.45) is 5.73 Å². The molecular formula is C13H16N4O2. The third kappa shape index (κ3) is 2.31. The number of benzene rings is 1. The number of hydrogen-bond donors (Lipinski definition) is 2. The summed E-state index contributed by atoms with van der Waals surface area (Å²) in [5.41, 5.74) is 7.50. The van der Waals surface area contributed by atoms with Crippen LogP contribution in [0.1, 0.15) is 37.4 Å². The number of nitro groups is 1. The van der Waals surface area contributed by atoms with Crippen molar-refractivity contribution in [2.75, 3.05) is 0 Å². The Morgan fingerprint density at radius 2 is 2.05 bits per heavy atom. The van der Waals surface area contributed by atoms with Gasteiger partial charge in [0.05, 0.1) is 16.0 Å². The van der Waals surface area contributed by atoms with Crippen molar-refractivity contribution in [3.8, 4) is 0 Å². The van der Waals surface area contributed by atoms with Gasteiger partial charge in [0.25, 0.3) is 5.69 Å². The quantitative estimate of drug-likeness (QED) is 0.640. The Morgan fingerprint density at radius 3 is 2.74 bits per heavy atom. The molecule has 0 unspecified atom stereocenters. The number of hydrogen-bond acceptors (Lipinski definition) is 4. The molecule has 6 nitrogen and oxygen atoms in total. The fourth-order valence-corrected chi connectivity index (χ4v) is 2.71. The topological polar surface area (TPSA) is 97.8 Å². The predicted molar refractivity (Wildman–Crippen MR) is 71.9 cm³/mol. The highest BCUT2D eigenvalue weighted by molar-refractivity contribution is 5.77. The van der Waals surface area contributed by atoms with E-state index in [1.165, 1.54) is 12.1 Å². The molecule has 0 spiro atoms. The molecule has 0 saturated heterocycles. The van der Waals surface area contributed by atoms with Crippen LogP contribution in [0.25, 0.3) is 11.0 Å². The van der Waals surface area contributed by atoms with Gasteiger partial charge in [0.15, 0.2) is 0 Å². The van der Waals surface area contributed by atoms with E-state index in [9.17, 15) is 10.1 Å². The summed E-state index contributed by atoms with van der Waals surface area (Å²) in [7, 11) is 0. The van der Waals surface area contributed by atoms with E-state index in [1.54, 1.807) is 6.07 Å². The van der Waals surface area contributed by atoms with E-state index >= 15 is 0 Å². The van der Waals surface area contributed by atoms with Crippen LogP contribution in [-0.4, -0.2) is 20.9 Å². The lowest BCUT2D eigenvalue weighted by Gasteiger charge is -2.24. The van der Waals surface area contributed by atoms with Crippen molar-refractivity contribution >= 4 is 16.7 Å². The van der Waals surface area contributed by atoms with Gasteiger partial charge in [-0.05, 0) is 31.7 Å². The Balaban J connectivity index is 1.91. The predicted octanol–water partition coefficient (Wildman–Crippen LogP) is 2.46. The number of imidazole rings is 1. The zero-order valence-electron chi connectivity index (χ0n) is 10.5. The first-order chi connectivity index (χ1) is 9.13. The molecule has 0 aliphatic heterocycles. The lowest BCUT2D eigenvalue weighted by molar-refractivity contribution is -0.384. The number of aromatic amines is 1. The maximum absolute atomic E-state index is 10.7. The first kappa shape index (κ1) is 12.1. The first-order valence-corrected chi connectivity index (χ1v) is 6.53. The van der Waals surface area contributed by atoms with E-state index in [4.69, 9.17) is 5.73 Å². The van der Waals surface area contributed by atoms with Crippen LogP contribution >= 0.6 is 0 Å². The zero-order chi connectivity index (χ0) is 13.4. The monoisotopic (exact) mass is 260 g/mol. The van der Waals surface area contributed by atoms with Gasteiger partial charge < -0.3 is 10.7 Å². The molecule has 1 heterocycles. The zero-order valence-corrected chi connectivity index (χ0v) is 10.5. The number of fused-ring (bicyclic) bond motifs is 1. The summed E-state index contributed by atoms with van der Waals surface area (Å²) in [5, 5.41) is 10.7. The minimum absolute atomic E-state index is 0.0798. The van der Waals surface area contributed by atoms with Crippen LogP contribution in [0.15, 0.2) is 18.2 Å². The Hall–Kier alpha value is -1.95. The second-order valence-corrected chi connectivity index (χ2v) is 5.19. The Kier molecular flexibility index (Phi) is 2.94. The standard InChI is InChI=1S/C13H16N4O2/c14-9-3-1-8(2-4-9)13-15-11-6-5-10(17(18)19)7-12(11)16-13/h5-9H,1-4,14H2,(H,15,16)/t8-,9+. The van der Waals surface area contributed by atoms with Gasteiger partial charge in [0, 0.05) is 24.1 Å². The Labute approximate surface area is 110 Å². The highest BCUT2D eigenvalue weighted by atomic mass is 16.6. The molecule has 0 atom stereocenters. The normalized spacial score (nSPS) is 23.6. The van der Waals surface area contributed by atoms with Crippen molar-refractivity contribution in [3.05, 3.63) is 34.1 Å². The lowest BCUT2D eigenvalue weighted by Crippen LogP contribution is -2.26. The van der Waals surface area contributed by atoms with E-state index < -0.39 is 4.92 Å². The molecule has 0 amide bonds. The molecule has 0 bridgehead atoms. The number of H-pyrrole nitrogens is 1. The largest absolute Gasteiger partial charge is 0.342 e. The maximum atomic E-state index is 10.7. The second-order valence-electron chi connectivity index (χ2n) is 5.19. The summed E-state index contributed by atoms with van der Waals surface area (Å²) >= 11 is 0. The maximum Gasteiger partial charge on any atom is 0.271 e. The fourth-order valence-electron chi connectivity index (χ4n) is 2.71. The Morgan fingerprint density at radius 1 is 1.32 bits per heavy atom. The van der Waals surface area contributed by atoms with Gasteiger partial charge in [-0.25, -0.2) is 4.98 Å². The van der Waals surface area contributed by atoms with E-state index in [1.807, 2.05) is 0 Å². The fraction of sp³-hybridized carbons (Fsp3) is 0.462. The van der Waals surface area contributed by atoms with Gasteiger partial charge in [-0.3, -0.25) is 10.1 Å². The number of nitrogens with one attached hydrogen (secondary N) is 1. The summed E-state index contributed by atoms with van der Waals surface area (Å²) in [4.78, 5) is 18.1. The molecule has 6 heteroatoms. The van der Waals surface area contributed by atoms with Crippen molar-refractivity contribution in [1.29, 1.82) is 0 Å². The van der Waals surface area contributed by atoms with E-state index in [0.717, 1.165) is 37.0 Å². The minimum Gasteiger partial charge on any atom is -0.342 e. The molecule has 1 fully saturated rings. The number of aromatic nitrogens is 2. The molecule has 1 aliphatic carbocycles. The molecule has 3 rings (SSSR count). The average Bonchev–Trinajstić information content (AvgIpc) is 2.82. The van der Waals surface area contributed by atoms with Crippen LogP contribution in [0.5, 0.6) is 0 Å². The third-order valence-corrected chi connectivity index (χ3v) is 3.85. The number of nitrogens with two attached hydrogens (primary N) is 1. The van der Waals surface area contributed by atoms with Gasteiger partial charge in [0.1, 0.15) is 5.82 Å². The van der Waals surface area contributed by atoms with Crippen LogP contribution in [0, 0.1) is 10.1 Å². The molecule has 3 N–H and O–H groups in total. The molecule has 100 valence electrons. The lowest BCUT2D eigenvalue weighted by atomic mass is 9.86. The summed E-state index contributed by atoms with van der Waals surface area (Å²) < 4.78 is 0. The van der Waals surface area contributed by atoms with E-state index in [2.05, 4.69) is 9.97 Å². The molecular weight excluding hydrogens is 244 g/mol. The molecule has 1 aromatic carbocycles. The van der Waals surface area contributed by atoms with Gasteiger partial charge in [0.2, 0.25) is 0 Å². The molecule has 1 aliphatic rings. The summed E-state index contributed by atoms with van der Waals surface area (Å²) in [6.45, 7) is 0. The SMILES string of the molecule is N[C@H]1CC[C@@H](c2nc3cc([N+](=O)[O-])ccc3[nH]2)CC1. The second kappa shape index (κ2) is 4.62. The number of nitrogens with zero attached hydrogens (tertiary/aromatic N) is 2. The van der Waals surface area contributed by atoms with Crippen molar-refractivity contribution in [2.45, 2.75) is 37.6 Å². The smallest absolute Gasteiger partial charge is 0.271 e. The van der Waals surface area contributed by atoms with Crippen LogP contribution in [0.2, 0.25) is 0 Å². The first-order valence-electron chi connectivity index (χ1n) is 6.53. The van der Waals surface area contributed by atoms with Crippen LogP contribution in [0.4, 0.5) is 5.69 Å². The van der Waals surface area contributed by atoms with Crippen molar-refractivity contribution < 1.29 is 4.92 Å². The number of non-ortho nitro benzene ring substituents is 1. The average molecular weight is 260 g/mol. The summed E-state index contributed by atoms with van der Waals surface area (Å²) in [5.74, 6) is 1.33. The van der Waals surface area contributed by atoms with Gasteiger partial charge >= 0.3 is 0 Å². The van der Waals surface area contributed by atoms with E-state index in [-0.39, 0.29) is 5.69 Å². The molecule has 19 heavy (non-hydrogen) atoms. The Bertz CT molecular complexity index is 614. The molecule has 0 radical (unpaired) electrons. The van der Waals surface area contributed by atoms with Gasteiger partial charge in [-0.1, -0.05) is 0 Å². The van der Waals surface area contributed by atoms with Crippen LogP contribution in [0.3, 0.4) is 0 Å². The summed E-state index contributed by atoms with van der Waals surface area (Å²) in [6, 6.07) is 5.05. The van der Waals surface area contributed by atoms with Gasteiger partial charge in [-0.2, -0.15) is 0 Å². The number of rotatable bonds is 2. The highest BCUT2D eigenvalue weighted by Crippen LogP contribution is 2.32. The van der Waals surface area contributed by atoms with Crippen LogP contribution in [-0.2, 0) is 0 Å². The highest BCUT2D eigenvalue weighted by Gasteiger charge is 2.22. The van der Waals surface area contributed by atoms with Crippen molar-refractivity contribution in [1.82, 2.24) is 9.97 Å². The minimum atomic E-state index is -0.395. The summed E-state index contributed by atoms with van der Waals surface area (Å²) in [6.07, 6.45) is 4.09. The van der Waals surface area contributed by atoms with E-state index in [0.29, 0.717) is 17.5 Å². The van der Waals surface area contributed by atoms with Crippen molar-refractivity contribution in [3.63, 3.8) is 0 Å². The van der Waals surface area contributed by atoms with Crippen LogP contribution < -0.4 is 5.73 Å². The number of nitro benzene ring substituents is 1. The molecule has 1 aromatic heterocycles. The van der Waals surface area contributed by atoms with Gasteiger partial charge in [-0.15, -0.1) is 0 Å². The molecule has 2 aromatic rings.